The van der Waals surface area contributed by atoms with Crippen molar-refractivity contribution in [2.75, 3.05) is 18.5 Å². The number of nitrogens with zero attached hydrogens (tertiary/aromatic N) is 1. The van der Waals surface area contributed by atoms with Gasteiger partial charge in [0.25, 0.3) is 5.91 Å². The van der Waals surface area contributed by atoms with Crippen LogP contribution in [0.3, 0.4) is 0 Å². The molecule has 0 aliphatic rings. The van der Waals surface area contributed by atoms with Gasteiger partial charge in [-0.05, 0) is 26.0 Å². The highest BCUT2D eigenvalue weighted by Gasteiger charge is 2.14. The van der Waals surface area contributed by atoms with Gasteiger partial charge in [0, 0.05) is 10.9 Å². The number of hydrogen-bond donors (Lipinski definition) is 2. The minimum atomic E-state index is -0.362. The summed E-state index contributed by atoms with van der Waals surface area (Å²) in [6.07, 6.45) is 0. The topological polar surface area (TPSA) is 80.3 Å². The highest BCUT2D eigenvalue weighted by molar-refractivity contribution is 7.14. The predicted octanol–water partition coefficient (Wildman–Crippen LogP) is 3.89. The van der Waals surface area contributed by atoms with E-state index in [1.165, 1.54) is 16.9 Å². The van der Waals surface area contributed by atoms with Crippen LogP contribution in [0.5, 0.6) is 5.75 Å². The number of hydrogen-bond acceptors (Lipinski definition) is 5. The summed E-state index contributed by atoms with van der Waals surface area (Å²) in [5.41, 5.74) is 3.36. The van der Waals surface area contributed by atoms with E-state index in [1.54, 1.807) is 24.3 Å². The van der Waals surface area contributed by atoms with E-state index in [9.17, 15) is 9.59 Å². The molecule has 0 aliphatic carbocycles. The van der Waals surface area contributed by atoms with Crippen molar-refractivity contribution < 1.29 is 14.3 Å². The predicted molar refractivity (Wildman–Crippen MR) is 111 cm³/mol. The Morgan fingerprint density at radius 1 is 1.11 bits per heavy atom. The van der Waals surface area contributed by atoms with Crippen molar-refractivity contribution in [1.29, 1.82) is 0 Å². The monoisotopic (exact) mass is 395 g/mol. The van der Waals surface area contributed by atoms with Gasteiger partial charge in [-0.15, -0.1) is 11.3 Å². The molecule has 144 valence electrons. The second-order valence-corrected chi connectivity index (χ2v) is 6.92. The minimum Gasteiger partial charge on any atom is -0.493 e. The van der Waals surface area contributed by atoms with Crippen molar-refractivity contribution in [2.45, 2.75) is 13.8 Å². The molecule has 0 unspecified atom stereocenters. The van der Waals surface area contributed by atoms with Crippen LogP contribution < -0.4 is 15.4 Å². The van der Waals surface area contributed by atoms with Crippen molar-refractivity contribution in [2.24, 2.45) is 0 Å². The highest BCUT2D eigenvalue weighted by atomic mass is 32.1. The zero-order valence-corrected chi connectivity index (χ0v) is 16.5. The molecule has 3 aromatic rings. The molecule has 3 rings (SSSR count). The number of carbonyl (C=O) groups excluding carboxylic acids is 2. The number of ether oxygens (including phenoxy) is 1. The average molecular weight is 395 g/mol. The number of nitrogens with one attached hydrogen (secondary N) is 2. The van der Waals surface area contributed by atoms with Crippen molar-refractivity contribution in [3.8, 4) is 17.0 Å². The maximum atomic E-state index is 12.3. The van der Waals surface area contributed by atoms with Crippen molar-refractivity contribution in [3.63, 3.8) is 0 Å². The molecule has 0 spiro atoms. The van der Waals surface area contributed by atoms with Gasteiger partial charge in [-0.3, -0.25) is 9.59 Å². The lowest BCUT2D eigenvalue weighted by molar-refractivity contribution is -0.115. The molecule has 0 aliphatic heterocycles. The van der Waals surface area contributed by atoms with Crippen LogP contribution in [-0.4, -0.2) is 29.9 Å². The molecule has 0 bridgehead atoms. The maximum absolute atomic E-state index is 12.3. The highest BCUT2D eigenvalue weighted by Crippen LogP contribution is 2.25. The number of aryl methyl sites for hydroxylation is 1. The molecule has 0 radical (unpaired) electrons. The molecule has 0 saturated carbocycles. The maximum Gasteiger partial charge on any atom is 0.255 e. The molecule has 1 heterocycles. The third-order valence-electron chi connectivity index (χ3n) is 3.94. The first-order valence-electron chi connectivity index (χ1n) is 8.89. The fourth-order valence-corrected chi connectivity index (χ4v) is 3.28. The minimum absolute atomic E-state index is 0.154. The first-order valence-corrected chi connectivity index (χ1v) is 9.77. The SMILES string of the molecule is CCOc1ccccc1C(=O)NCC(=O)Nc1nc(-c2ccc(C)cc2)cs1. The Morgan fingerprint density at radius 2 is 1.86 bits per heavy atom. The van der Waals surface area contributed by atoms with Crippen LogP contribution in [0.2, 0.25) is 0 Å². The van der Waals surface area contributed by atoms with Gasteiger partial charge < -0.3 is 15.4 Å². The lowest BCUT2D eigenvalue weighted by atomic mass is 10.1. The van der Waals surface area contributed by atoms with E-state index in [1.807, 2.05) is 43.5 Å². The van der Waals surface area contributed by atoms with Crippen LogP contribution in [0.1, 0.15) is 22.8 Å². The summed E-state index contributed by atoms with van der Waals surface area (Å²) in [5.74, 6) is -0.212. The summed E-state index contributed by atoms with van der Waals surface area (Å²) >= 11 is 1.34. The average Bonchev–Trinajstić information content (AvgIpc) is 3.16. The van der Waals surface area contributed by atoms with Gasteiger partial charge in [-0.1, -0.05) is 42.0 Å². The second kappa shape index (κ2) is 9.14. The van der Waals surface area contributed by atoms with Crippen LogP contribution in [0.15, 0.2) is 53.9 Å². The third kappa shape index (κ3) is 4.95. The molecular formula is C21H21N3O3S. The number of aromatic nitrogens is 1. The molecule has 2 aromatic carbocycles. The lowest BCUT2D eigenvalue weighted by Crippen LogP contribution is -2.33. The first-order chi connectivity index (χ1) is 13.6. The molecule has 28 heavy (non-hydrogen) atoms. The van der Waals surface area contributed by atoms with Gasteiger partial charge in [0.1, 0.15) is 5.75 Å². The van der Waals surface area contributed by atoms with E-state index < -0.39 is 0 Å². The molecule has 0 atom stereocenters. The number of carbonyl (C=O) groups is 2. The summed E-state index contributed by atoms with van der Waals surface area (Å²) in [7, 11) is 0. The van der Waals surface area contributed by atoms with E-state index >= 15 is 0 Å². The van der Waals surface area contributed by atoms with E-state index in [2.05, 4.69) is 15.6 Å². The van der Waals surface area contributed by atoms with Gasteiger partial charge in [-0.25, -0.2) is 4.98 Å². The smallest absolute Gasteiger partial charge is 0.255 e. The lowest BCUT2D eigenvalue weighted by Gasteiger charge is -2.10. The van der Waals surface area contributed by atoms with Crippen LogP contribution in [0.4, 0.5) is 5.13 Å². The Morgan fingerprint density at radius 3 is 2.61 bits per heavy atom. The zero-order chi connectivity index (χ0) is 19.9. The van der Waals surface area contributed by atoms with Crippen molar-refractivity contribution in [1.82, 2.24) is 10.3 Å². The van der Waals surface area contributed by atoms with Gasteiger partial charge in [0.05, 0.1) is 24.4 Å². The fraction of sp³-hybridized carbons (Fsp3) is 0.190. The molecule has 2 amide bonds. The van der Waals surface area contributed by atoms with E-state index in [0.29, 0.717) is 23.1 Å². The Labute approximate surface area is 167 Å². The summed E-state index contributed by atoms with van der Waals surface area (Å²) in [6.45, 7) is 4.18. The molecule has 6 nitrogen and oxygen atoms in total. The van der Waals surface area contributed by atoms with Gasteiger partial charge in [0.15, 0.2) is 5.13 Å². The summed E-state index contributed by atoms with van der Waals surface area (Å²) < 4.78 is 5.44. The number of para-hydroxylation sites is 1. The van der Waals surface area contributed by atoms with Crippen LogP contribution in [-0.2, 0) is 4.79 Å². The van der Waals surface area contributed by atoms with Crippen molar-refractivity contribution >= 4 is 28.3 Å². The fourth-order valence-electron chi connectivity index (χ4n) is 2.54. The van der Waals surface area contributed by atoms with Crippen LogP contribution in [0, 0.1) is 6.92 Å². The molecule has 0 fully saturated rings. The summed E-state index contributed by atoms with van der Waals surface area (Å²) in [5, 5.41) is 7.70. The largest absolute Gasteiger partial charge is 0.493 e. The number of amides is 2. The number of anilines is 1. The molecule has 2 N–H and O–H groups in total. The van der Waals surface area contributed by atoms with Crippen LogP contribution >= 0.6 is 11.3 Å². The normalized spacial score (nSPS) is 10.4. The number of thiazole rings is 1. The molecule has 7 heteroatoms. The number of rotatable bonds is 7. The first kappa shape index (κ1) is 19.6. The Hall–Kier alpha value is -3.19. The van der Waals surface area contributed by atoms with Gasteiger partial charge >= 0.3 is 0 Å². The Bertz CT molecular complexity index is 967. The standard InChI is InChI=1S/C21H21N3O3S/c1-3-27-18-7-5-4-6-16(18)20(26)22-12-19(25)24-21-23-17(13-28-21)15-10-8-14(2)9-11-15/h4-11,13H,3,12H2,1-2H3,(H,22,26)(H,23,24,25). The van der Waals surface area contributed by atoms with Crippen molar-refractivity contribution in [3.05, 3.63) is 65.0 Å². The second-order valence-electron chi connectivity index (χ2n) is 6.06. The Balaban J connectivity index is 1.56. The zero-order valence-electron chi connectivity index (χ0n) is 15.7. The molecule has 1 aromatic heterocycles. The Kier molecular flexibility index (Phi) is 6.39. The number of benzene rings is 2. The quantitative estimate of drug-likeness (QED) is 0.636. The molecule has 0 saturated heterocycles. The summed E-state index contributed by atoms with van der Waals surface area (Å²) in [4.78, 5) is 28.9. The van der Waals surface area contributed by atoms with E-state index in [-0.39, 0.29) is 18.4 Å². The van der Waals surface area contributed by atoms with Gasteiger partial charge in [-0.2, -0.15) is 0 Å². The third-order valence-corrected chi connectivity index (χ3v) is 4.70. The van der Waals surface area contributed by atoms with E-state index in [0.717, 1.165) is 11.3 Å². The van der Waals surface area contributed by atoms with Gasteiger partial charge in [0.2, 0.25) is 5.91 Å². The summed E-state index contributed by atoms with van der Waals surface area (Å²) in [6, 6.07) is 14.9. The molecular weight excluding hydrogens is 374 g/mol. The van der Waals surface area contributed by atoms with Crippen LogP contribution in [0.25, 0.3) is 11.3 Å². The van der Waals surface area contributed by atoms with E-state index in [4.69, 9.17) is 4.74 Å².